The van der Waals surface area contributed by atoms with Crippen LogP contribution in [0.4, 0.5) is 0 Å². The van der Waals surface area contributed by atoms with Crippen LogP contribution in [-0.4, -0.2) is 69.3 Å². The number of nitrogens with zero attached hydrogens (tertiary/aromatic N) is 1. The SMILES string of the molecule is O=C(N[C@H](Cc1ccc(-c2cccc(Cl)c2)cc1)C[C@@H](O)C(=O)O)C(=O)N1CCC(O)CC1. The molecule has 33 heavy (non-hydrogen) atoms. The lowest BCUT2D eigenvalue weighted by Crippen LogP contribution is -2.50. The first-order valence-electron chi connectivity index (χ1n) is 10.8. The maximum Gasteiger partial charge on any atom is 0.332 e. The summed E-state index contributed by atoms with van der Waals surface area (Å²) in [6.07, 6.45) is -1.37. The number of amides is 2. The number of nitrogens with one attached hydrogen (secondary N) is 1. The molecule has 176 valence electrons. The van der Waals surface area contributed by atoms with E-state index in [0.29, 0.717) is 17.9 Å². The molecule has 0 bridgehead atoms. The Kier molecular flexibility index (Phi) is 8.43. The lowest BCUT2D eigenvalue weighted by atomic mass is 9.97. The van der Waals surface area contributed by atoms with Crippen LogP contribution < -0.4 is 5.32 Å². The minimum atomic E-state index is -1.68. The number of aliphatic carboxylic acids is 1. The highest BCUT2D eigenvalue weighted by Crippen LogP contribution is 2.23. The van der Waals surface area contributed by atoms with E-state index in [1.54, 1.807) is 6.07 Å². The van der Waals surface area contributed by atoms with Crippen LogP contribution in [-0.2, 0) is 20.8 Å². The Balaban J connectivity index is 1.69. The molecule has 2 aromatic carbocycles. The van der Waals surface area contributed by atoms with Gasteiger partial charge in [-0.15, -0.1) is 0 Å². The van der Waals surface area contributed by atoms with Gasteiger partial charge in [0.15, 0.2) is 6.10 Å². The van der Waals surface area contributed by atoms with Crippen molar-refractivity contribution in [2.75, 3.05) is 13.1 Å². The second-order valence-electron chi connectivity index (χ2n) is 8.19. The van der Waals surface area contributed by atoms with Gasteiger partial charge in [-0.2, -0.15) is 0 Å². The molecule has 0 aliphatic carbocycles. The Morgan fingerprint density at radius 3 is 2.33 bits per heavy atom. The fourth-order valence-electron chi connectivity index (χ4n) is 3.81. The van der Waals surface area contributed by atoms with E-state index in [9.17, 15) is 24.6 Å². The van der Waals surface area contributed by atoms with Gasteiger partial charge in [0.25, 0.3) is 0 Å². The first-order chi connectivity index (χ1) is 15.7. The number of carbonyl (C=O) groups excluding carboxylic acids is 2. The highest BCUT2D eigenvalue weighted by Gasteiger charge is 2.29. The number of hydrogen-bond acceptors (Lipinski definition) is 5. The van der Waals surface area contributed by atoms with Crippen molar-refractivity contribution in [1.29, 1.82) is 0 Å². The van der Waals surface area contributed by atoms with Gasteiger partial charge in [0.1, 0.15) is 0 Å². The van der Waals surface area contributed by atoms with Crippen molar-refractivity contribution in [2.45, 2.75) is 43.9 Å². The van der Waals surface area contributed by atoms with Crippen molar-refractivity contribution in [3.05, 3.63) is 59.1 Å². The summed E-state index contributed by atoms with van der Waals surface area (Å²) in [6, 6.07) is 14.1. The predicted octanol–water partition coefficient (Wildman–Crippen LogP) is 1.85. The number of likely N-dealkylation sites (tertiary alicyclic amines) is 1. The van der Waals surface area contributed by atoms with E-state index in [-0.39, 0.29) is 25.9 Å². The van der Waals surface area contributed by atoms with Gasteiger partial charge in [0, 0.05) is 30.6 Å². The molecule has 4 N–H and O–H groups in total. The molecule has 9 heteroatoms. The number of rotatable bonds is 7. The van der Waals surface area contributed by atoms with Crippen LogP contribution >= 0.6 is 11.6 Å². The number of hydrogen-bond donors (Lipinski definition) is 4. The molecular weight excluding hydrogens is 448 g/mol. The van der Waals surface area contributed by atoms with Crippen LogP contribution in [0.2, 0.25) is 5.02 Å². The standard InChI is InChI=1S/C24H27ClN2O6/c25-18-3-1-2-17(13-18)16-6-4-15(5-7-16)12-19(14-21(29)24(32)33)26-22(30)23(31)27-10-8-20(28)9-11-27/h1-7,13,19-21,28-29H,8-12,14H2,(H,26,30)(H,32,33)/t19-,21-/m1/s1. The minimum absolute atomic E-state index is 0.234. The first-order valence-corrected chi connectivity index (χ1v) is 11.1. The van der Waals surface area contributed by atoms with Gasteiger partial charge in [-0.05, 0) is 48.1 Å². The molecule has 1 heterocycles. The van der Waals surface area contributed by atoms with Crippen LogP contribution in [0.1, 0.15) is 24.8 Å². The third-order valence-electron chi connectivity index (χ3n) is 5.67. The van der Waals surface area contributed by atoms with Crippen LogP contribution in [0.25, 0.3) is 11.1 Å². The van der Waals surface area contributed by atoms with Gasteiger partial charge in [-0.25, -0.2) is 4.79 Å². The zero-order valence-electron chi connectivity index (χ0n) is 18.0. The molecule has 1 saturated heterocycles. The highest BCUT2D eigenvalue weighted by atomic mass is 35.5. The molecular formula is C24H27ClN2O6. The van der Waals surface area contributed by atoms with Crippen molar-refractivity contribution in [3.8, 4) is 11.1 Å². The molecule has 8 nitrogen and oxygen atoms in total. The quantitative estimate of drug-likeness (QED) is 0.453. The molecule has 1 fully saturated rings. The molecule has 2 aromatic rings. The first kappa shape index (κ1) is 24.7. The summed E-state index contributed by atoms with van der Waals surface area (Å²) in [7, 11) is 0. The van der Waals surface area contributed by atoms with Crippen molar-refractivity contribution < 1.29 is 29.7 Å². The highest BCUT2D eigenvalue weighted by molar-refractivity contribution is 6.35. The average Bonchev–Trinajstić information content (AvgIpc) is 2.79. The molecule has 2 atom stereocenters. The summed E-state index contributed by atoms with van der Waals surface area (Å²) in [5, 5.41) is 31.7. The third kappa shape index (κ3) is 7.02. The van der Waals surface area contributed by atoms with Crippen LogP contribution in [0.15, 0.2) is 48.5 Å². The van der Waals surface area contributed by atoms with Gasteiger partial charge in [0.2, 0.25) is 0 Å². The smallest absolute Gasteiger partial charge is 0.332 e. The summed E-state index contributed by atoms with van der Waals surface area (Å²) >= 11 is 6.05. The molecule has 3 rings (SSSR count). The molecule has 2 amide bonds. The second-order valence-corrected chi connectivity index (χ2v) is 8.63. The normalized spacial score (nSPS) is 16.2. The summed E-state index contributed by atoms with van der Waals surface area (Å²) in [5.41, 5.74) is 2.68. The van der Waals surface area contributed by atoms with E-state index < -0.39 is 36.0 Å². The monoisotopic (exact) mass is 474 g/mol. The van der Waals surface area contributed by atoms with E-state index >= 15 is 0 Å². The van der Waals surface area contributed by atoms with E-state index in [1.165, 1.54) is 4.90 Å². The zero-order chi connectivity index (χ0) is 24.0. The maximum atomic E-state index is 12.5. The average molecular weight is 475 g/mol. The van der Waals surface area contributed by atoms with Gasteiger partial charge in [-0.1, -0.05) is 48.0 Å². The Bertz CT molecular complexity index is 989. The fraction of sp³-hybridized carbons (Fsp3) is 0.375. The van der Waals surface area contributed by atoms with Crippen molar-refractivity contribution in [2.24, 2.45) is 0 Å². The summed E-state index contributed by atoms with van der Waals surface area (Å²) in [5.74, 6) is -2.99. The van der Waals surface area contributed by atoms with Crippen molar-refractivity contribution >= 4 is 29.4 Å². The predicted molar refractivity (Wildman–Crippen MR) is 123 cm³/mol. The van der Waals surface area contributed by atoms with Crippen LogP contribution in [0.3, 0.4) is 0 Å². The fourth-order valence-corrected chi connectivity index (χ4v) is 4.00. The van der Waals surface area contributed by atoms with Gasteiger partial charge in [0.05, 0.1) is 6.10 Å². The number of carboxylic acids is 1. The largest absolute Gasteiger partial charge is 0.479 e. The molecule has 0 radical (unpaired) electrons. The minimum Gasteiger partial charge on any atom is -0.479 e. The Labute approximate surface area is 196 Å². The van der Waals surface area contributed by atoms with Gasteiger partial charge >= 0.3 is 17.8 Å². The molecule has 0 unspecified atom stereocenters. The van der Waals surface area contributed by atoms with E-state index in [1.807, 2.05) is 42.5 Å². The van der Waals surface area contributed by atoms with Gasteiger partial charge in [-0.3, -0.25) is 9.59 Å². The number of benzene rings is 2. The lowest BCUT2D eigenvalue weighted by Gasteiger charge is -2.29. The Hall–Kier alpha value is -2.94. The number of aliphatic hydroxyl groups excluding tert-OH is 2. The molecule has 0 spiro atoms. The number of halogens is 1. The summed E-state index contributed by atoms with van der Waals surface area (Å²) in [6.45, 7) is 0.557. The van der Waals surface area contributed by atoms with Gasteiger partial charge < -0.3 is 25.5 Å². The number of carboxylic acid groups (broad SMARTS) is 1. The summed E-state index contributed by atoms with van der Waals surface area (Å²) in [4.78, 5) is 37.5. The Morgan fingerprint density at radius 2 is 1.73 bits per heavy atom. The summed E-state index contributed by atoms with van der Waals surface area (Å²) < 4.78 is 0. The third-order valence-corrected chi connectivity index (χ3v) is 5.90. The molecule has 0 aromatic heterocycles. The molecule has 0 saturated carbocycles. The molecule has 1 aliphatic heterocycles. The number of carbonyl (C=O) groups is 3. The molecule has 1 aliphatic rings. The van der Waals surface area contributed by atoms with Crippen molar-refractivity contribution in [1.82, 2.24) is 10.2 Å². The Morgan fingerprint density at radius 1 is 1.06 bits per heavy atom. The van der Waals surface area contributed by atoms with E-state index in [2.05, 4.69) is 5.32 Å². The second kappa shape index (κ2) is 11.3. The topological polar surface area (TPSA) is 127 Å². The number of piperidine rings is 1. The van der Waals surface area contributed by atoms with Crippen LogP contribution in [0.5, 0.6) is 0 Å². The number of aliphatic hydroxyl groups is 2. The zero-order valence-corrected chi connectivity index (χ0v) is 18.7. The van der Waals surface area contributed by atoms with Crippen LogP contribution in [0, 0.1) is 0 Å². The lowest BCUT2D eigenvalue weighted by molar-refractivity contribution is -0.149. The van der Waals surface area contributed by atoms with Crippen molar-refractivity contribution in [3.63, 3.8) is 0 Å². The maximum absolute atomic E-state index is 12.5. The van der Waals surface area contributed by atoms with E-state index in [4.69, 9.17) is 16.7 Å². The van der Waals surface area contributed by atoms with E-state index in [0.717, 1.165) is 16.7 Å².